The number of aryl methyl sites for hydroxylation is 1. The summed E-state index contributed by atoms with van der Waals surface area (Å²) in [4.78, 5) is 0. The van der Waals surface area contributed by atoms with Crippen molar-refractivity contribution in [2.24, 2.45) is 11.7 Å². The minimum absolute atomic E-state index is 0.629. The fourth-order valence-electron chi connectivity index (χ4n) is 2.85. The first-order valence-corrected chi connectivity index (χ1v) is 6.62. The first-order valence-electron chi connectivity index (χ1n) is 6.62. The van der Waals surface area contributed by atoms with E-state index in [4.69, 9.17) is 10.8 Å². The van der Waals surface area contributed by atoms with E-state index in [1.165, 1.54) is 17.7 Å². The molecule has 1 aliphatic carbocycles. The number of fused-ring (bicyclic) bond motifs is 1. The molecule has 0 saturated carbocycles. The molecule has 94 valence electrons. The number of benzene rings is 1. The molecule has 3 nitrogen and oxygen atoms in total. The van der Waals surface area contributed by atoms with Crippen molar-refractivity contribution in [3.63, 3.8) is 0 Å². The lowest BCUT2D eigenvalue weighted by Gasteiger charge is -2.21. The molecule has 3 rings (SSSR count). The van der Waals surface area contributed by atoms with Crippen LogP contribution in [0.2, 0.25) is 0 Å². The maximum absolute atomic E-state index is 5.80. The Morgan fingerprint density at radius 3 is 2.83 bits per heavy atom. The second-order valence-corrected chi connectivity index (χ2v) is 5.10. The number of para-hydroxylation sites is 1. The topological polar surface area (TPSA) is 43.8 Å². The van der Waals surface area contributed by atoms with E-state index in [2.05, 4.69) is 35.9 Å². The third-order valence-electron chi connectivity index (χ3n) is 3.91. The molecule has 1 aromatic carbocycles. The first kappa shape index (κ1) is 11.5. The molecule has 1 atom stereocenters. The van der Waals surface area contributed by atoms with Gasteiger partial charge in [0.1, 0.15) is 0 Å². The van der Waals surface area contributed by atoms with Crippen molar-refractivity contribution in [2.45, 2.75) is 26.2 Å². The molecule has 2 N–H and O–H groups in total. The highest BCUT2D eigenvalue weighted by molar-refractivity contribution is 5.38. The Balaban J connectivity index is 2.04. The third-order valence-corrected chi connectivity index (χ3v) is 3.91. The second-order valence-electron chi connectivity index (χ2n) is 5.10. The van der Waals surface area contributed by atoms with Gasteiger partial charge in [0.2, 0.25) is 0 Å². The molecule has 0 bridgehead atoms. The van der Waals surface area contributed by atoms with Gasteiger partial charge in [-0.25, -0.2) is 4.68 Å². The van der Waals surface area contributed by atoms with Gasteiger partial charge in [-0.15, -0.1) is 0 Å². The Morgan fingerprint density at radius 2 is 2.11 bits per heavy atom. The summed E-state index contributed by atoms with van der Waals surface area (Å²) in [6.07, 6.45) is 3.36. The van der Waals surface area contributed by atoms with Gasteiger partial charge in [-0.05, 0) is 56.3 Å². The molecule has 1 unspecified atom stereocenters. The van der Waals surface area contributed by atoms with Crippen LogP contribution in [0.25, 0.3) is 5.69 Å². The van der Waals surface area contributed by atoms with E-state index in [1.54, 1.807) is 0 Å². The van der Waals surface area contributed by atoms with Crippen molar-refractivity contribution in [1.82, 2.24) is 9.78 Å². The molecule has 0 saturated heterocycles. The van der Waals surface area contributed by atoms with E-state index in [0.717, 1.165) is 30.8 Å². The zero-order valence-corrected chi connectivity index (χ0v) is 10.8. The van der Waals surface area contributed by atoms with E-state index in [9.17, 15) is 0 Å². The Kier molecular flexibility index (Phi) is 2.92. The van der Waals surface area contributed by atoms with E-state index in [-0.39, 0.29) is 0 Å². The van der Waals surface area contributed by atoms with Gasteiger partial charge in [-0.1, -0.05) is 18.2 Å². The molecule has 1 aliphatic rings. The Bertz CT molecular complexity index is 542. The second kappa shape index (κ2) is 4.58. The van der Waals surface area contributed by atoms with Crippen molar-refractivity contribution >= 4 is 0 Å². The van der Waals surface area contributed by atoms with E-state index in [1.807, 2.05) is 6.07 Å². The quantitative estimate of drug-likeness (QED) is 0.876. The van der Waals surface area contributed by atoms with Gasteiger partial charge in [0.25, 0.3) is 0 Å². The van der Waals surface area contributed by atoms with Crippen LogP contribution in [0.15, 0.2) is 30.3 Å². The number of hydrogen-bond donors (Lipinski definition) is 1. The van der Waals surface area contributed by atoms with Crippen molar-refractivity contribution in [1.29, 1.82) is 0 Å². The van der Waals surface area contributed by atoms with Gasteiger partial charge >= 0.3 is 0 Å². The largest absolute Gasteiger partial charge is 0.330 e. The zero-order chi connectivity index (χ0) is 12.5. The SMILES string of the molecule is Cc1nn(-c2ccccc2)c2c1CC(CN)CC2. The normalized spacial score (nSPS) is 18.7. The van der Waals surface area contributed by atoms with Crippen LogP contribution >= 0.6 is 0 Å². The number of hydrogen-bond acceptors (Lipinski definition) is 2. The van der Waals surface area contributed by atoms with Crippen molar-refractivity contribution in [3.8, 4) is 5.69 Å². The summed E-state index contributed by atoms with van der Waals surface area (Å²) in [5.41, 5.74) is 10.9. The highest BCUT2D eigenvalue weighted by atomic mass is 15.3. The van der Waals surface area contributed by atoms with Crippen LogP contribution in [0.5, 0.6) is 0 Å². The average Bonchev–Trinajstić information content (AvgIpc) is 2.77. The first-order chi connectivity index (χ1) is 8.79. The maximum Gasteiger partial charge on any atom is 0.0649 e. The molecule has 1 aromatic heterocycles. The Morgan fingerprint density at radius 1 is 1.33 bits per heavy atom. The van der Waals surface area contributed by atoms with Crippen LogP contribution in [-0.4, -0.2) is 16.3 Å². The molecule has 2 aromatic rings. The molecule has 3 heteroatoms. The highest BCUT2D eigenvalue weighted by Crippen LogP contribution is 2.29. The van der Waals surface area contributed by atoms with E-state index >= 15 is 0 Å². The highest BCUT2D eigenvalue weighted by Gasteiger charge is 2.24. The molecular formula is C15H19N3. The summed E-state index contributed by atoms with van der Waals surface area (Å²) >= 11 is 0. The summed E-state index contributed by atoms with van der Waals surface area (Å²) in [5.74, 6) is 0.629. The lowest BCUT2D eigenvalue weighted by atomic mass is 9.86. The lowest BCUT2D eigenvalue weighted by molar-refractivity contribution is 0.461. The summed E-state index contributed by atoms with van der Waals surface area (Å²) in [6, 6.07) is 10.4. The van der Waals surface area contributed by atoms with Crippen molar-refractivity contribution in [3.05, 3.63) is 47.3 Å². The molecule has 0 amide bonds. The monoisotopic (exact) mass is 241 g/mol. The summed E-state index contributed by atoms with van der Waals surface area (Å²) < 4.78 is 2.11. The number of nitrogens with two attached hydrogens (primary N) is 1. The van der Waals surface area contributed by atoms with E-state index < -0.39 is 0 Å². The maximum atomic E-state index is 5.80. The predicted octanol–water partition coefficient (Wildman–Crippen LogP) is 2.24. The van der Waals surface area contributed by atoms with Gasteiger partial charge in [0.05, 0.1) is 11.4 Å². The number of rotatable bonds is 2. The van der Waals surface area contributed by atoms with Gasteiger partial charge < -0.3 is 5.73 Å². The van der Waals surface area contributed by atoms with Crippen molar-refractivity contribution < 1.29 is 0 Å². The fourth-order valence-corrected chi connectivity index (χ4v) is 2.85. The minimum Gasteiger partial charge on any atom is -0.330 e. The van der Waals surface area contributed by atoms with Crippen LogP contribution in [0.3, 0.4) is 0 Å². The van der Waals surface area contributed by atoms with Crippen LogP contribution in [0.4, 0.5) is 0 Å². The van der Waals surface area contributed by atoms with Crippen LogP contribution < -0.4 is 5.73 Å². The van der Waals surface area contributed by atoms with Crippen LogP contribution in [0, 0.1) is 12.8 Å². The standard InChI is InChI=1S/C15H19N3/c1-11-14-9-12(10-16)7-8-15(14)18(17-11)13-5-3-2-4-6-13/h2-6,12H,7-10,16H2,1H3. The molecule has 0 fully saturated rings. The third kappa shape index (κ3) is 1.85. The zero-order valence-electron chi connectivity index (χ0n) is 10.8. The van der Waals surface area contributed by atoms with Crippen LogP contribution in [0.1, 0.15) is 23.4 Å². The summed E-state index contributed by atoms with van der Waals surface area (Å²) in [7, 11) is 0. The van der Waals surface area contributed by atoms with Gasteiger partial charge in [-0.3, -0.25) is 0 Å². The van der Waals surface area contributed by atoms with Gasteiger partial charge in [0.15, 0.2) is 0 Å². The van der Waals surface area contributed by atoms with Gasteiger partial charge in [0, 0.05) is 5.69 Å². The Labute approximate surface area is 108 Å². The molecular weight excluding hydrogens is 222 g/mol. The van der Waals surface area contributed by atoms with Gasteiger partial charge in [-0.2, -0.15) is 5.10 Å². The lowest BCUT2D eigenvalue weighted by Crippen LogP contribution is -2.23. The predicted molar refractivity (Wildman–Crippen MR) is 72.9 cm³/mol. The summed E-state index contributed by atoms with van der Waals surface area (Å²) in [5, 5.41) is 4.71. The Hall–Kier alpha value is -1.61. The number of nitrogens with zero attached hydrogens (tertiary/aromatic N) is 2. The smallest absolute Gasteiger partial charge is 0.0649 e. The van der Waals surface area contributed by atoms with E-state index in [0.29, 0.717) is 5.92 Å². The number of aromatic nitrogens is 2. The van der Waals surface area contributed by atoms with Crippen LogP contribution in [-0.2, 0) is 12.8 Å². The van der Waals surface area contributed by atoms with Crippen molar-refractivity contribution in [2.75, 3.05) is 6.54 Å². The summed E-state index contributed by atoms with van der Waals surface area (Å²) in [6.45, 7) is 2.90. The minimum atomic E-state index is 0.629. The molecule has 0 radical (unpaired) electrons. The fraction of sp³-hybridized carbons (Fsp3) is 0.400. The average molecular weight is 241 g/mol. The molecule has 0 aliphatic heterocycles. The molecule has 18 heavy (non-hydrogen) atoms. The molecule has 1 heterocycles. The molecule has 0 spiro atoms.